The Morgan fingerprint density at radius 1 is 1.24 bits per heavy atom. The highest BCUT2D eigenvalue weighted by atomic mass is 19.4. The minimum absolute atomic E-state index is 0.174. The van der Waals surface area contributed by atoms with Gasteiger partial charge in [-0.2, -0.15) is 13.2 Å². The summed E-state index contributed by atoms with van der Waals surface area (Å²) in [4.78, 5) is 0. The van der Waals surface area contributed by atoms with Gasteiger partial charge in [0, 0.05) is 19.6 Å². The van der Waals surface area contributed by atoms with Crippen LogP contribution in [0.2, 0.25) is 0 Å². The van der Waals surface area contributed by atoms with Gasteiger partial charge >= 0.3 is 6.18 Å². The number of hydrogen-bond donors (Lipinski definition) is 2. The summed E-state index contributed by atoms with van der Waals surface area (Å²) >= 11 is 0. The average molecular weight is 256 g/mol. The lowest BCUT2D eigenvalue weighted by Gasteiger charge is -2.17. The first-order valence-corrected chi connectivity index (χ1v) is 5.98. The third-order valence-corrected chi connectivity index (χ3v) is 2.44. The second kappa shape index (κ2) is 9.67. The first-order valence-electron chi connectivity index (χ1n) is 5.98. The van der Waals surface area contributed by atoms with E-state index in [2.05, 4.69) is 5.32 Å². The molecule has 0 spiro atoms. The highest BCUT2D eigenvalue weighted by Crippen LogP contribution is 2.21. The number of nitrogens with one attached hydrogen (secondary N) is 1. The van der Waals surface area contributed by atoms with Crippen LogP contribution in [0, 0.1) is 0 Å². The maximum absolute atomic E-state index is 11.9. The molecule has 0 saturated heterocycles. The van der Waals surface area contributed by atoms with Crippen molar-refractivity contribution in [1.82, 2.24) is 5.32 Å². The van der Waals surface area contributed by atoms with Gasteiger partial charge in [-0.05, 0) is 38.8 Å². The minimum Gasteiger partial charge on any atom is -0.383 e. The van der Waals surface area contributed by atoms with Crippen molar-refractivity contribution in [2.24, 2.45) is 5.73 Å². The van der Waals surface area contributed by atoms with E-state index in [9.17, 15) is 13.2 Å². The van der Waals surface area contributed by atoms with Gasteiger partial charge in [-0.25, -0.2) is 0 Å². The smallest absolute Gasteiger partial charge is 0.383 e. The van der Waals surface area contributed by atoms with Gasteiger partial charge in [0.2, 0.25) is 0 Å². The Morgan fingerprint density at radius 2 is 1.94 bits per heavy atom. The molecule has 1 atom stereocenters. The van der Waals surface area contributed by atoms with Crippen molar-refractivity contribution in [1.29, 1.82) is 0 Å². The number of alkyl halides is 3. The first-order chi connectivity index (χ1) is 7.99. The molecule has 0 fully saturated rings. The summed E-state index contributed by atoms with van der Waals surface area (Å²) in [6, 6.07) is 0.189. The summed E-state index contributed by atoms with van der Waals surface area (Å²) in [5, 5.41) is 3.19. The monoisotopic (exact) mass is 256 g/mol. The van der Waals surface area contributed by atoms with Crippen molar-refractivity contribution in [2.75, 3.05) is 26.8 Å². The minimum atomic E-state index is -4.04. The largest absolute Gasteiger partial charge is 0.389 e. The number of halogens is 3. The van der Waals surface area contributed by atoms with E-state index in [1.165, 1.54) is 0 Å². The summed E-state index contributed by atoms with van der Waals surface area (Å²) in [6.07, 6.45) is -2.25. The van der Waals surface area contributed by atoms with Crippen molar-refractivity contribution in [3.8, 4) is 0 Å². The molecule has 0 bridgehead atoms. The Morgan fingerprint density at radius 3 is 2.47 bits per heavy atom. The zero-order valence-electron chi connectivity index (χ0n) is 10.4. The van der Waals surface area contributed by atoms with E-state index >= 15 is 0 Å². The molecular weight excluding hydrogens is 233 g/mol. The van der Waals surface area contributed by atoms with E-state index in [-0.39, 0.29) is 12.5 Å². The number of rotatable bonds is 10. The zero-order valence-corrected chi connectivity index (χ0v) is 10.4. The van der Waals surface area contributed by atoms with Crippen molar-refractivity contribution >= 4 is 0 Å². The summed E-state index contributed by atoms with van der Waals surface area (Å²) in [6.45, 7) is 1.78. The van der Waals surface area contributed by atoms with Crippen molar-refractivity contribution in [2.45, 2.75) is 44.3 Å². The molecule has 1 unspecified atom stereocenters. The van der Waals surface area contributed by atoms with E-state index < -0.39 is 12.6 Å². The number of nitrogens with two attached hydrogens (primary N) is 1. The topological polar surface area (TPSA) is 47.3 Å². The van der Waals surface area contributed by atoms with Crippen LogP contribution in [0.1, 0.15) is 32.1 Å². The normalized spacial score (nSPS) is 13.9. The van der Waals surface area contributed by atoms with Crippen LogP contribution in [0.5, 0.6) is 0 Å². The van der Waals surface area contributed by atoms with Gasteiger partial charge in [0.15, 0.2) is 0 Å². The van der Waals surface area contributed by atoms with Gasteiger partial charge in [-0.15, -0.1) is 0 Å². The van der Waals surface area contributed by atoms with Gasteiger partial charge in [-0.1, -0.05) is 0 Å². The van der Waals surface area contributed by atoms with Gasteiger partial charge in [0.25, 0.3) is 0 Å². The molecule has 104 valence electrons. The van der Waals surface area contributed by atoms with Gasteiger partial charge < -0.3 is 15.8 Å². The lowest BCUT2D eigenvalue weighted by Crippen LogP contribution is -2.34. The van der Waals surface area contributed by atoms with E-state index in [4.69, 9.17) is 10.5 Å². The highest BCUT2D eigenvalue weighted by molar-refractivity contribution is 4.66. The lowest BCUT2D eigenvalue weighted by molar-refractivity contribution is -0.135. The molecule has 0 aromatic rings. The molecule has 0 rings (SSSR count). The van der Waals surface area contributed by atoms with Crippen LogP contribution in [0.3, 0.4) is 0 Å². The third-order valence-electron chi connectivity index (χ3n) is 2.44. The summed E-state index contributed by atoms with van der Waals surface area (Å²) in [7, 11) is 1.61. The average Bonchev–Trinajstić information content (AvgIpc) is 2.23. The van der Waals surface area contributed by atoms with Crippen LogP contribution in [0.4, 0.5) is 13.2 Å². The fourth-order valence-corrected chi connectivity index (χ4v) is 1.57. The molecule has 0 heterocycles. The molecule has 0 amide bonds. The number of unbranched alkanes of at least 4 members (excludes halogenated alkanes) is 1. The van der Waals surface area contributed by atoms with E-state index in [0.29, 0.717) is 26.1 Å². The second-order valence-corrected chi connectivity index (χ2v) is 4.11. The molecule has 0 radical (unpaired) electrons. The van der Waals surface area contributed by atoms with Gasteiger partial charge in [0.1, 0.15) is 0 Å². The SMILES string of the molecule is COCC(CCCN)NCCCCC(F)(F)F. The summed E-state index contributed by atoms with van der Waals surface area (Å²) in [5.41, 5.74) is 5.40. The van der Waals surface area contributed by atoms with Gasteiger partial charge in [-0.3, -0.25) is 0 Å². The second-order valence-electron chi connectivity index (χ2n) is 4.11. The molecule has 3 nitrogen and oxygen atoms in total. The highest BCUT2D eigenvalue weighted by Gasteiger charge is 2.25. The van der Waals surface area contributed by atoms with Crippen LogP contribution in [-0.2, 0) is 4.74 Å². The number of hydrogen-bond acceptors (Lipinski definition) is 3. The molecule has 0 aromatic heterocycles. The van der Waals surface area contributed by atoms with Crippen LogP contribution >= 0.6 is 0 Å². The van der Waals surface area contributed by atoms with Gasteiger partial charge in [0.05, 0.1) is 6.61 Å². The molecule has 17 heavy (non-hydrogen) atoms. The molecule has 0 aliphatic rings. The third kappa shape index (κ3) is 11.9. The quantitative estimate of drug-likeness (QED) is 0.588. The van der Waals surface area contributed by atoms with Crippen LogP contribution in [-0.4, -0.2) is 39.0 Å². The molecule has 0 aliphatic carbocycles. The van der Waals surface area contributed by atoms with Crippen LogP contribution in [0.25, 0.3) is 0 Å². The maximum Gasteiger partial charge on any atom is 0.389 e. The number of ether oxygens (including phenoxy) is 1. The Labute approximate surface area is 101 Å². The zero-order chi connectivity index (χ0) is 13.1. The Hall–Kier alpha value is -0.330. The lowest BCUT2D eigenvalue weighted by atomic mass is 10.1. The number of methoxy groups -OCH3 is 1. The Bertz CT molecular complexity index is 177. The van der Waals surface area contributed by atoms with Crippen molar-refractivity contribution in [3.05, 3.63) is 0 Å². The fourth-order valence-electron chi connectivity index (χ4n) is 1.57. The van der Waals surface area contributed by atoms with Crippen LogP contribution < -0.4 is 11.1 Å². The molecule has 0 saturated carbocycles. The first kappa shape index (κ1) is 16.7. The predicted molar refractivity (Wildman–Crippen MR) is 61.9 cm³/mol. The van der Waals surface area contributed by atoms with Crippen molar-refractivity contribution < 1.29 is 17.9 Å². The Balaban J connectivity index is 3.53. The fraction of sp³-hybridized carbons (Fsp3) is 1.00. The molecule has 0 aromatic carbocycles. The molecular formula is C11H23F3N2O. The Kier molecular flexibility index (Phi) is 9.49. The van der Waals surface area contributed by atoms with E-state index in [0.717, 1.165) is 12.8 Å². The standard InChI is InChI=1S/C11H23F3N2O/c1-17-9-10(5-4-7-15)16-8-3-2-6-11(12,13)14/h10,16H,2-9,15H2,1H3. The maximum atomic E-state index is 11.9. The summed E-state index contributed by atoms with van der Waals surface area (Å²) in [5.74, 6) is 0. The molecule has 6 heteroatoms. The van der Waals surface area contributed by atoms with Crippen molar-refractivity contribution in [3.63, 3.8) is 0 Å². The summed E-state index contributed by atoms with van der Waals surface area (Å²) < 4.78 is 40.7. The van der Waals surface area contributed by atoms with E-state index in [1.807, 2.05) is 0 Å². The molecule has 3 N–H and O–H groups in total. The van der Waals surface area contributed by atoms with Crippen LogP contribution in [0.15, 0.2) is 0 Å². The van der Waals surface area contributed by atoms with E-state index in [1.54, 1.807) is 7.11 Å². The predicted octanol–water partition coefficient (Wildman–Crippen LogP) is 2.06. The molecule has 0 aliphatic heterocycles.